The molecule has 0 atom stereocenters. The number of anilines is 1. The Bertz CT molecular complexity index is 1630. The lowest BCUT2D eigenvalue weighted by Crippen LogP contribution is -2.18. The minimum absolute atomic E-state index is 0.0743. The van der Waals surface area contributed by atoms with Gasteiger partial charge in [-0.3, -0.25) is 9.78 Å². The first kappa shape index (κ1) is 18.3. The quantitative estimate of drug-likeness (QED) is 0.464. The van der Waals surface area contributed by atoms with Gasteiger partial charge in [-0.1, -0.05) is 0 Å². The number of amides is 1. The van der Waals surface area contributed by atoms with Crippen LogP contribution in [0, 0.1) is 6.92 Å². The van der Waals surface area contributed by atoms with Crippen molar-refractivity contribution in [1.82, 2.24) is 29.4 Å². The molecule has 5 heterocycles. The molecule has 0 bridgehead atoms. The molecule has 1 saturated carbocycles. The highest BCUT2D eigenvalue weighted by molar-refractivity contribution is 6.09. The van der Waals surface area contributed by atoms with Crippen LogP contribution in [0.4, 0.5) is 5.69 Å². The number of benzene rings is 1. The number of pyridine rings is 1. The summed E-state index contributed by atoms with van der Waals surface area (Å²) in [6.45, 7) is 1.96. The number of methoxy groups -OCH3 is 1. The summed E-state index contributed by atoms with van der Waals surface area (Å²) in [6.07, 6.45) is 8.94. The van der Waals surface area contributed by atoms with E-state index in [2.05, 4.69) is 20.4 Å². The van der Waals surface area contributed by atoms with Crippen molar-refractivity contribution in [3.8, 4) is 22.7 Å². The van der Waals surface area contributed by atoms with Crippen molar-refractivity contribution in [3.05, 3.63) is 60.3 Å². The summed E-state index contributed by atoms with van der Waals surface area (Å²) in [4.78, 5) is 21.7. The van der Waals surface area contributed by atoms with E-state index in [1.54, 1.807) is 24.0 Å². The minimum Gasteiger partial charge on any atom is -0.494 e. The fourth-order valence-corrected chi connectivity index (χ4v) is 4.88. The Kier molecular flexibility index (Phi) is 3.42. The number of hydrogen-bond donors (Lipinski definition) is 1. The zero-order chi connectivity index (χ0) is 22.3. The van der Waals surface area contributed by atoms with Crippen LogP contribution in [-0.4, -0.2) is 42.4 Å². The number of fused-ring (bicyclic) bond motifs is 4. The summed E-state index contributed by atoms with van der Waals surface area (Å²) in [5.41, 5.74) is 6.34. The third-order valence-corrected chi connectivity index (χ3v) is 6.80. The second kappa shape index (κ2) is 6.16. The van der Waals surface area contributed by atoms with Crippen molar-refractivity contribution in [1.29, 1.82) is 0 Å². The van der Waals surface area contributed by atoms with Crippen LogP contribution in [0.1, 0.15) is 24.1 Å². The molecular formula is C24H19N7O2. The molecule has 1 spiro atoms. The Balaban J connectivity index is 1.46. The summed E-state index contributed by atoms with van der Waals surface area (Å²) in [5.74, 6) is 0.720. The Morgan fingerprint density at radius 2 is 2.03 bits per heavy atom. The molecule has 5 aromatic rings. The number of rotatable bonds is 3. The summed E-state index contributed by atoms with van der Waals surface area (Å²) in [7, 11) is 1.63. The van der Waals surface area contributed by atoms with Crippen molar-refractivity contribution in [2.45, 2.75) is 25.2 Å². The number of nitrogens with one attached hydrogen (secondary N) is 1. The average molecular weight is 437 g/mol. The van der Waals surface area contributed by atoms with Crippen molar-refractivity contribution >= 4 is 28.1 Å². The molecule has 33 heavy (non-hydrogen) atoms. The third kappa shape index (κ3) is 2.39. The van der Waals surface area contributed by atoms with E-state index in [1.807, 2.05) is 48.3 Å². The smallest absolute Gasteiger partial charge is 0.235 e. The molecule has 2 aliphatic rings. The van der Waals surface area contributed by atoms with Crippen LogP contribution in [0.25, 0.3) is 33.5 Å². The van der Waals surface area contributed by atoms with Crippen molar-refractivity contribution in [2.75, 3.05) is 12.4 Å². The molecule has 7 rings (SSSR count). The molecule has 9 nitrogen and oxygen atoms in total. The van der Waals surface area contributed by atoms with Gasteiger partial charge in [0.25, 0.3) is 0 Å². The number of ether oxygens (including phenoxy) is 1. The molecule has 1 aromatic carbocycles. The van der Waals surface area contributed by atoms with E-state index in [9.17, 15) is 4.79 Å². The molecule has 9 heteroatoms. The number of hydrogen-bond acceptors (Lipinski definition) is 6. The maximum Gasteiger partial charge on any atom is 0.235 e. The fourth-order valence-electron chi connectivity index (χ4n) is 4.88. The Labute approximate surface area is 188 Å². The van der Waals surface area contributed by atoms with Gasteiger partial charge in [0.15, 0.2) is 5.65 Å². The number of aromatic nitrogens is 6. The molecule has 4 aromatic heterocycles. The lowest BCUT2D eigenvalue weighted by Gasteiger charge is -2.14. The van der Waals surface area contributed by atoms with E-state index in [-0.39, 0.29) is 5.91 Å². The molecule has 0 unspecified atom stereocenters. The summed E-state index contributed by atoms with van der Waals surface area (Å²) in [6, 6.07) is 7.78. The van der Waals surface area contributed by atoms with Crippen LogP contribution < -0.4 is 10.1 Å². The van der Waals surface area contributed by atoms with E-state index in [0.717, 1.165) is 63.3 Å². The average Bonchev–Trinajstić information content (AvgIpc) is 3.33. The lowest BCUT2D eigenvalue weighted by atomic mass is 9.97. The predicted molar refractivity (Wildman–Crippen MR) is 122 cm³/mol. The first-order valence-corrected chi connectivity index (χ1v) is 10.8. The van der Waals surface area contributed by atoms with Gasteiger partial charge in [0.2, 0.25) is 5.91 Å². The largest absolute Gasteiger partial charge is 0.494 e. The molecule has 1 N–H and O–H groups in total. The Hall–Kier alpha value is -4.27. The van der Waals surface area contributed by atoms with Gasteiger partial charge in [0, 0.05) is 35.7 Å². The maximum absolute atomic E-state index is 12.6. The van der Waals surface area contributed by atoms with Crippen molar-refractivity contribution < 1.29 is 9.53 Å². The first-order chi connectivity index (χ1) is 16.1. The van der Waals surface area contributed by atoms with Crippen LogP contribution in [0.15, 0.2) is 49.1 Å². The molecular weight excluding hydrogens is 418 g/mol. The first-order valence-electron chi connectivity index (χ1n) is 10.8. The van der Waals surface area contributed by atoms with Crippen molar-refractivity contribution in [3.63, 3.8) is 0 Å². The van der Waals surface area contributed by atoms with Gasteiger partial charge in [0.1, 0.15) is 11.4 Å². The van der Waals surface area contributed by atoms with Gasteiger partial charge in [-0.05, 0) is 43.5 Å². The van der Waals surface area contributed by atoms with E-state index in [1.165, 1.54) is 0 Å². The Morgan fingerprint density at radius 1 is 1.15 bits per heavy atom. The Morgan fingerprint density at radius 3 is 2.85 bits per heavy atom. The highest BCUT2D eigenvalue weighted by Gasteiger charge is 2.56. The third-order valence-electron chi connectivity index (χ3n) is 6.80. The molecule has 1 aliphatic heterocycles. The maximum atomic E-state index is 12.6. The summed E-state index contributed by atoms with van der Waals surface area (Å²) < 4.78 is 9.33. The molecule has 0 radical (unpaired) electrons. The van der Waals surface area contributed by atoms with Gasteiger partial charge < -0.3 is 10.1 Å². The highest BCUT2D eigenvalue weighted by atomic mass is 16.5. The molecule has 0 saturated heterocycles. The summed E-state index contributed by atoms with van der Waals surface area (Å²) in [5, 5.41) is 13.2. The fraction of sp³-hybridized carbons (Fsp3) is 0.208. The SMILES string of the molecule is COc1cc2c(cc1-n1nc(C)c3cnc(-c4cnn5cccnc45)cc31)C1(CC1)C(=O)N2. The van der Waals surface area contributed by atoms with Crippen LogP contribution in [0.3, 0.4) is 0 Å². The van der Waals surface area contributed by atoms with E-state index < -0.39 is 5.41 Å². The normalized spacial score (nSPS) is 15.9. The number of carbonyl (C=O) groups is 1. The minimum atomic E-state index is -0.399. The van der Waals surface area contributed by atoms with Gasteiger partial charge in [0.05, 0.1) is 41.2 Å². The van der Waals surface area contributed by atoms with Crippen LogP contribution in [0.5, 0.6) is 5.75 Å². The second-order valence-corrected chi connectivity index (χ2v) is 8.64. The van der Waals surface area contributed by atoms with E-state index in [4.69, 9.17) is 9.84 Å². The van der Waals surface area contributed by atoms with E-state index >= 15 is 0 Å². The van der Waals surface area contributed by atoms with Crippen LogP contribution >= 0.6 is 0 Å². The standard InChI is InChI=1S/C24H19N7O2/c1-13-14-11-26-17(15-12-27-30-7-3-6-25-22(15)30)9-19(14)31(29-13)20-8-16-18(10-21(20)33-2)28-23(32)24(16)4-5-24/h3,6-12H,4-5H2,1-2H3,(H,28,32). The van der Waals surface area contributed by atoms with Gasteiger partial charge >= 0.3 is 0 Å². The van der Waals surface area contributed by atoms with E-state index in [0.29, 0.717) is 5.75 Å². The number of carbonyl (C=O) groups excluding carboxylic acids is 1. The molecule has 1 amide bonds. The van der Waals surface area contributed by atoms with Gasteiger partial charge in [-0.15, -0.1) is 0 Å². The molecule has 1 aliphatic carbocycles. The number of nitrogens with zero attached hydrogens (tertiary/aromatic N) is 6. The highest BCUT2D eigenvalue weighted by Crippen LogP contribution is 2.56. The summed E-state index contributed by atoms with van der Waals surface area (Å²) >= 11 is 0. The predicted octanol–water partition coefficient (Wildman–Crippen LogP) is 3.43. The van der Waals surface area contributed by atoms with Gasteiger partial charge in [-0.2, -0.15) is 10.2 Å². The number of aryl methyl sites for hydroxylation is 1. The van der Waals surface area contributed by atoms with Crippen molar-refractivity contribution in [2.24, 2.45) is 0 Å². The van der Waals surface area contributed by atoms with Crippen LogP contribution in [0.2, 0.25) is 0 Å². The molecule has 1 fully saturated rings. The topological polar surface area (TPSA) is 99.2 Å². The zero-order valence-electron chi connectivity index (χ0n) is 18.0. The lowest BCUT2D eigenvalue weighted by molar-refractivity contribution is -0.117. The van der Waals surface area contributed by atoms with Gasteiger partial charge in [-0.25, -0.2) is 14.2 Å². The monoisotopic (exact) mass is 437 g/mol. The second-order valence-electron chi connectivity index (χ2n) is 8.64. The zero-order valence-corrected chi connectivity index (χ0v) is 18.0. The molecule has 162 valence electrons. The van der Waals surface area contributed by atoms with Crippen LogP contribution in [-0.2, 0) is 10.2 Å².